The fourth-order valence-electron chi connectivity index (χ4n) is 4.41. The van der Waals surface area contributed by atoms with Gasteiger partial charge in [0.05, 0.1) is 12.2 Å². The first-order chi connectivity index (χ1) is 19.4. The second kappa shape index (κ2) is 15.9. The largest absolute Gasteiger partial charge is 0.453 e. The molecule has 0 aliphatic heterocycles. The van der Waals surface area contributed by atoms with E-state index in [-0.39, 0.29) is 30.8 Å². The maximum atomic E-state index is 13.5. The summed E-state index contributed by atoms with van der Waals surface area (Å²) in [5, 5.41) is 0. The van der Waals surface area contributed by atoms with Crippen molar-refractivity contribution in [3.05, 3.63) is 96.6 Å². The fraction of sp³-hybridized carbons (Fsp3) is 0.394. The molecule has 2 aromatic rings. The lowest BCUT2D eigenvalue weighted by Gasteiger charge is -2.30. The maximum Gasteiger partial charge on any atom is 0.348 e. The van der Waals surface area contributed by atoms with Crippen molar-refractivity contribution in [2.75, 3.05) is 6.61 Å². The van der Waals surface area contributed by atoms with Gasteiger partial charge in [-0.25, -0.2) is 18.4 Å². The number of rotatable bonds is 16. The van der Waals surface area contributed by atoms with Crippen molar-refractivity contribution in [2.45, 2.75) is 76.4 Å². The number of esters is 2. The number of unbranched alkanes of at least 4 members (excludes halogenated alkanes) is 5. The van der Waals surface area contributed by atoms with E-state index in [1.165, 1.54) is 24.3 Å². The van der Waals surface area contributed by atoms with Crippen LogP contribution in [0.2, 0.25) is 0 Å². The first kappa shape index (κ1) is 31.0. The van der Waals surface area contributed by atoms with Gasteiger partial charge in [-0.15, -0.1) is 6.58 Å². The highest BCUT2D eigenvalue weighted by atomic mass is 19.3. The lowest BCUT2D eigenvalue weighted by Crippen LogP contribution is -2.43. The van der Waals surface area contributed by atoms with Gasteiger partial charge >= 0.3 is 11.9 Å². The third-order valence-electron chi connectivity index (χ3n) is 6.75. The van der Waals surface area contributed by atoms with E-state index in [0.717, 1.165) is 43.2 Å². The summed E-state index contributed by atoms with van der Waals surface area (Å²) in [7, 11) is 0. The number of alkyl halides is 2. The summed E-state index contributed by atoms with van der Waals surface area (Å²) in [6.45, 7) is 5.92. The summed E-state index contributed by atoms with van der Waals surface area (Å²) in [6, 6.07) is 15.4. The van der Waals surface area contributed by atoms with Gasteiger partial charge in [0.2, 0.25) is 0 Å². The number of ether oxygens (including phenoxy) is 3. The predicted molar refractivity (Wildman–Crippen MR) is 152 cm³/mol. The summed E-state index contributed by atoms with van der Waals surface area (Å²) in [5.74, 6) is -1.28. The van der Waals surface area contributed by atoms with Gasteiger partial charge in [0.15, 0.2) is 11.7 Å². The molecule has 2 aromatic carbocycles. The molecule has 2 unspecified atom stereocenters. The molecular formula is C33H38F2O5. The number of allylic oxidation sites excluding steroid dienone is 2. The predicted octanol–water partition coefficient (Wildman–Crippen LogP) is 8.12. The number of hydrogen-bond acceptors (Lipinski definition) is 5. The van der Waals surface area contributed by atoms with Crippen LogP contribution >= 0.6 is 0 Å². The van der Waals surface area contributed by atoms with E-state index in [4.69, 9.17) is 14.2 Å². The average molecular weight is 553 g/mol. The molecule has 214 valence electrons. The van der Waals surface area contributed by atoms with Crippen molar-refractivity contribution in [1.29, 1.82) is 0 Å². The number of halogens is 2. The zero-order valence-electron chi connectivity index (χ0n) is 23.0. The first-order valence-corrected chi connectivity index (χ1v) is 13.9. The standard InChI is InChI=1S/C33H38F2O5/c1-3-5-6-7-8-12-15-29(30(34)35)40-31(36)27-16-18-28(19-17-27)39-32(37)33(38-24-4-2)22-20-26(21-23-33)25-13-10-9-11-14-25/h4,9-11,13-14,16-22,29-30H,2-3,5-8,12,15,23-24H2,1H3. The monoisotopic (exact) mass is 552 g/mol. The Labute approximate surface area is 235 Å². The number of benzene rings is 2. The van der Waals surface area contributed by atoms with Crippen LogP contribution in [0, 0.1) is 0 Å². The Morgan fingerprint density at radius 1 is 1.00 bits per heavy atom. The molecule has 3 rings (SSSR count). The summed E-state index contributed by atoms with van der Waals surface area (Å²) in [6.07, 6.45) is 8.86. The van der Waals surface area contributed by atoms with E-state index in [1.807, 2.05) is 42.5 Å². The smallest absolute Gasteiger partial charge is 0.348 e. The third kappa shape index (κ3) is 8.98. The first-order valence-electron chi connectivity index (χ1n) is 13.9. The van der Waals surface area contributed by atoms with Crippen LogP contribution in [0.15, 0.2) is 85.5 Å². The van der Waals surface area contributed by atoms with E-state index in [9.17, 15) is 18.4 Å². The van der Waals surface area contributed by atoms with Gasteiger partial charge in [0, 0.05) is 6.42 Å². The van der Waals surface area contributed by atoms with Crippen LogP contribution in [-0.2, 0) is 14.3 Å². The zero-order valence-corrected chi connectivity index (χ0v) is 23.0. The van der Waals surface area contributed by atoms with Gasteiger partial charge < -0.3 is 14.2 Å². The van der Waals surface area contributed by atoms with Crippen molar-refractivity contribution in [1.82, 2.24) is 0 Å². The molecule has 0 N–H and O–H groups in total. The molecule has 7 heteroatoms. The minimum atomic E-state index is -2.76. The van der Waals surface area contributed by atoms with E-state index in [0.29, 0.717) is 6.42 Å². The number of carbonyl (C=O) groups excluding carboxylic acids is 2. The van der Waals surface area contributed by atoms with Crippen LogP contribution in [0.1, 0.15) is 74.2 Å². The maximum absolute atomic E-state index is 13.5. The Hall–Kier alpha value is -3.58. The SMILES string of the molecule is C=CCOC1(C(=O)Oc2ccc(C(=O)OC(CCCCCCCC)C(F)F)cc2)C=CC(c2ccccc2)=CC1. The molecule has 0 bridgehead atoms. The third-order valence-corrected chi connectivity index (χ3v) is 6.75. The molecule has 5 nitrogen and oxygen atoms in total. The van der Waals surface area contributed by atoms with E-state index in [1.54, 1.807) is 12.2 Å². The molecule has 0 heterocycles. The fourth-order valence-corrected chi connectivity index (χ4v) is 4.41. The average Bonchev–Trinajstić information content (AvgIpc) is 2.98. The van der Waals surface area contributed by atoms with Gasteiger partial charge in [0.25, 0.3) is 6.43 Å². The Bertz CT molecular complexity index is 1160. The van der Waals surface area contributed by atoms with Crippen molar-refractivity contribution in [3.8, 4) is 5.75 Å². The van der Waals surface area contributed by atoms with Crippen LogP contribution in [0.25, 0.3) is 5.57 Å². The molecule has 2 atom stereocenters. The van der Waals surface area contributed by atoms with E-state index in [2.05, 4.69) is 13.5 Å². The molecule has 40 heavy (non-hydrogen) atoms. The van der Waals surface area contributed by atoms with Crippen LogP contribution in [0.5, 0.6) is 5.75 Å². The topological polar surface area (TPSA) is 61.8 Å². The Morgan fingerprint density at radius 2 is 1.70 bits per heavy atom. The Morgan fingerprint density at radius 3 is 2.33 bits per heavy atom. The van der Waals surface area contributed by atoms with Crippen LogP contribution in [0.3, 0.4) is 0 Å². The van der Waals surface area contributed by atoms with Gasteiger partial charge in [-0.1, -0.05) is 87.6 Å². The van der Waals surface area contributed by atoms with Crippen LogP contribution in [-0.4, -0.2) is 36.7 Å². The highest BCUT2D eigenvalue weighted by Gasteiger charge is 2.40. The molecular weight excluding hydrogens is 514 g/mol. The molecule has 1 aliphatic carbocycles. The molecule has 0 spiro atoms. The Balaban J connectivity index is 1.59. The lowest BCUT2D eigenvalue weighted by atomic mass is 9.89. The molecule has 0 fully saturated rings. The van der Waals surface area contributed by atoms with Crippen molar-refractivity contribution in [3.63, 3.8) is 0 Å². The van der Waals surface area contributed by atoms with Crippen LogP contribution < -0.4 is 4.74 Å². The highest BCUT2D eigenvalue weighted by molar-refractivity contribution is 5.90. The minimum absolute atomic E-state index is 0.0963. The molecule has 0 radical (unpaired) electrons. The molecule has 1 aliphatic rings. The molecule has 0 amide bonds. The number of carbonyl (C=O) groups is 2. The van der Waals surface area contributed by atoms with Crippen LogP contribution in [0.4, 0.5) is 8.78 Å². The number of hydrogen-bond donors (Lipinski definition) is 0. The summed E-state index contributed by atoms with van der Waals surface area (Å²) >= 11 is 0. The van der Waals surface area contributed by atoms with E-state index < -0.39 is 30.1 Å². The van der Waals surface area contributed by atoms with Gasteiger partial charge in [-0.2, -0.15) is 0 Å². The molecule has 0 aromatic heterocycles. The zero-order chi connectivity index (χ0) is 28.8. The quantitative estimate of drug-likeness (QED) is 0.0911. The lowest BCUT2D eigenvalue weighted by molar-refractivity contribution is -0.154. The van der Waals surface area contributed by atoms with Crippen molar-refractivity contribution < 1.29 is 32.6 Å². The summed E-state index contributed by atoms with van der Waals surface area (Å²) in [4.78, 5) is 25.7. The normalized spacial score (nSPS) is 17.2. The molecule has 0 saturated carbocycles. The highest BCUT2D eigenvalue weighted by Crippen LogP contribution is 2.31. The van der Waals surface area contributed by atoms with Gasteiger partial charge in [-0.05, 0) is 54.3 Å². The minimum Gasteiger partial charge on any atom is -0.453 e. The summed E-state index contributed by atoms with van der Waals surface area (Å²) < 4.78 is 43.5. The van der Waals surface area contributed by atoms with Crippen molar-refractivity contribution in [2.24, 2.45) is 0 Å². The summed E-state index contributed by atoms with van der Waals surface area (Å²) in [5.41, 5.74) is 0.741. The van der Waals surface area contributed by atoms with Crippen molar-refractivity contribution >= 4 is 17.5 Å². The Kier molecular flexibility index (Phi) is 12.3. The van der Waals surface area contributed by atoms with E-state index >= 15 is 0 Å². The second-order valence-electron chi connectivity index (χ2n) is 9.80. The van der Waals surface area contributed by atoms with Gasteiger partial charge in [0.1, 0.15) is 5.75 Å². The molecule has 0 saturated heterocycles. The second-order valence-corrected chi connectivity index (χ2v) is 9.80. The van der Waals surface area contributed by atoms with Gasteiger partial charge in [-0.3, -0.25) is 0 Å².